The maximum atomic E-state index is 12.2. The van der Waals surface area contributed by atoms with Crippen LogP contribution in [0.5, 0.6) is 5.75 Å². The van der Waals surface area contributed by atoms with Crippen molar-refractivity contribution in [3.63, 3.8) is 0 Å². The summed E-state index contributed by atoms with van der Waals surface area (Å²) >= 11 is 0. The maximum Gasteiger partial charge on any atom is 0.246 e. The fourth-order valence-electron chi connectivity index (χ4n) is 1.88. The van der Waals surface area contributed by atoms with E-state index in [0.717, 1.165) is 15.7 Å². The van der Waals surface area contributed by atoms with Crippen LogP contribution >= 0.6 is 0 Å². The van der Waals surface area contributed by atoms with Gasteiger partial charge in [-0.25, -0.2) is 12.7 Å². The number of pyridine rings is 1. The van der Waals surface area contributed by atoms with Crippen LogP contribution in [0.15, 0.2) is 47.5 Å². The van der Waals surface area contributed by atoms with Gasteiger partial charge in [0.05, 0.1) is 19.3 Å². The standard InChI is InChI=1S/C15H19N3O3S/c1-18(2)22(19,20)15-8-7-12(10-14(15)21-3)17-11-13-6-4-5-9-16-13/h4-10,17H,11H2,1-3H3. The average molecular weight is 321 g/mol. The molecule has 0 saturated carbocycles. The second-order valence-electron chi connectivity index (χ2n) is 4.83. The van der Waals surface area contributed by atoms with E-state index in [1.165, 1.54) is 27.3 Å². The lowest BCUT2D eigenvalue weighted by Gasteiger charge is -2.15. The fraction of sp³-hybridized carbons (Fsp3) is 0.267. The van der Waals surface area contributed by atoms with Gasteiger partial charge in [0.1, 0.15) is 10.6 Å². The Hall–Kier alpha value is -2.12. The average Bonchev–Trinajstić information content (AvgIpc) is 2.53. The quantitative estimate of drug-likeness (QED) is 0.880. The third-order valence-corrected chi connectivity index (χ3v) is 4.98. The topological polar surface area (TPSA) is 71.5 Å². The largest absolute Gasteiger partial charge is 0.495 e. The van der Waals surface area contributed by atoms with Gasteiger partial charge in [0.15, 0.2) is 0 Å². The number of aromatic nitrogens is 1. The first-order valence-electron chi connectivity index (χ1n) is 6.69. The van der Waals surface area contributed by atoms with Crippen molar-refractivity contribution in [2.45, 2.75) is 11.4 Å². The lowest BCUT2D eigenvalue weighted by atomic mass is 10.3. The minimum atomic E-state index is -3.54. The summed E-state index contributed by atoms with van der Waals surface area (Å²) in [4.78, 5) is 4.36. The first-order chi connectivity index (χ1) is 10.4. The van der Waals surface area contributed by atoms with Gasteiger partial charge in [-0.15, -0.1) is 0 Å². The molecule has 2 aromatic rings. The molecule has 7 heteroatoms. The highest BCUT2D eigenvalue weighted by Crippen LogP contribution is 2.29. The molecule has 1 heterocycles. The van der Waals surface area contributed by atoms with Crippen LogP contribution in [0, 0.1) is 0 Å². The summed E-state index contributed by atoms with van der Waals surface area (Å²) in [5.74, 6) is 0.305. The van der Waals surface area contributed by atoms with Crippen LogP contribution in [-0.2, 0) is 16.6 Å². The predicted octanol–water partition coefficient (Wildman–Crippen LogP) is 1.95. The molecule has 0 spiro atoms. The summed E-state index contributed by atoms with van der Waals surface area (Å²) in [6.07, 6.45) is 1.73. The number of rotatable bonds is 6. The number of hydrogen-bond acceptors (Lipinski definition) is 5. The molecule has 0 aliphatic rings. The molecule has 0 unspecified atom stereocenters. The fourth-order valence-corrected chi connectivity index (χ4v) is 2.91. The molecular weight excluding hydrogens is 302 g/mol. The highest BCUT2D eigenvalue weighted by atomic mass is 32.2. The Morgan fingerprint density at radius 3 is 2.59 bits per heavy atom. The van der Waals surface area contributed by atoms with Crippen molar-refractivity contribution in [1.82, 2.24) is 9.29 Å². The van der Waals surface area contributed by atoms with Gasteiger partial charge in [0.2, 0.25) is 10.0 Å². The molecule has 1 aromatic carbocycles. The molecule has 0 atom stereocenters. The second kappa shape index (κ2) is 6.76. The van der Waals surface area contributed by atoms with Gasteiger partial charge < -0.3 is 10.1 Å². The van der Waals surface area contributed by atoms with Gasteiger partial charge in [-0.3, -0.25) is 4.98 Å². The van der Waals surface area contributed by atoms with Crippen molar-refractivity contribution in [3.05, 3.63) is 48.3 Å². The number of sulfonamides is 1. The van der Waals surface area contributed by atoms with Gasteiger partial charge in [0, 0.05) is 32.0 Å². The van der Waals surface area contributed by atoms with Crippen molar-refractivity contribution in [3.8, 4) is 5.75 Å². The zero-order valence-electron chi connectivity index (χ0n) is 12.8. The van der Waals surface area contributed by atoms with Crippen LogP contribution in [0.3, 0.4) is 0 Å². The van der Waals surface area contributed by atoms with Crippen molar-refractivity contribution in [2.75, 3.05) is 26.5 Å². The van der Waals surface area contributed by atoms with Crippen molar-refractivity contribution < 1.29 is 13.2 Å². The molecule has 0 aliphatic heterocycles. The van der Waals surface area contributed by atoms with E-state index in [4.69, 9.17) is 4.74 Å². The number of nitrogens with zero attached hydrogens (tertiary/aromatic N) is 2. The first kappa shape index (κ1) is 16.3. The highest BCUT2D eigenvalue weighted by molar-refractivity contribution is 7.89. The molecule has 118 valence electrons. The molecule has 0 radical (unpaired) electrons. The minimum Gasteiger partial charge on any atom is -0.495 e. The summed E-state index contributed by atoms with van der Waals surface area (Å²) in [5, 5.41) is 3.19. The highest BCUT2D eigenvalue weighted by Gasteiger charge is 2.22. The van der Waals surface area contributed by atoms with E-state index in [9.17, 15) is 8.42 Å². The summed E-state index contributed by atoms with van der Waals surface area (Å²) in [6.45, 7) is 0.545. The SMILES string of the molecule is COc1cc(NCc2ccccn2)ccc1S(=O)(=O)N(C)C. The van der Waals surface area contributed by atoms with E-state index >= 15 is 0 Å². The molecule has 1 N–H and O–H groups in total. The Balaban J connectivity index is 2.23. The van der Waals surface area contributed by atoms with E-state index < -0.39 is 10.0 Å². The number of hydrogen-bond donors (Lipinski definition) is 1. The molecule has 0 fully saturated rings. The van der Waals surface area contributed by atoms with E-state index in [-0.39, 0.29) is 4.90 Å². The molecule has 0 aliphatic carbocycles. The molecule has 0 saturated heterocycles. The third-order valence-electron chi connectivity index (χ3n) is 3.12. The Kier molecular flexibility index (Phi) is 4.99. The second-order valence-corrected chi connectivity index (χ2v) is 6.95. The van der Waals surface area contributed by atoms with Gasteiger partial charge in [-0.1, -0.05) is 6.07 Å². The number of nitrogens with one attached hydrogen (secondary N) is 1. The van der Waals surface area contributed by atoms with E-state index in [1.807, 2.05) is 18.2 Å². The van der Waals surface area contributed by atoms with Crippen LogP contribution in [0.2, 0.25) is 0 Å². The zero-order valence-corrected chi connectivity index (χ0v) is 13.6. The van der Waals surface area contributed by atoms with Gasteiger partial charge in [-0.2, -0.15) is 0 Å². The van der Waals surface area contributed by atoms with Crippen molar-refractivity contribution in [1.29, 1.82) is 0 Å². The molecule has 1 aromatic heterocycles. The molecule has 6 nitrogen and oxygen atoms in total. The Morgan fingerprint density at radius 2 is 2.00 bits per heavy atom. The van der Waals surface area contributed by atoms with Crippen LogP contribution in [0.1, 0.15) is 5.69 Å². The summed E-state index contributed by atoms with van der Waals surface area (Å²) in [6, 6.07) is 10.6. The summed E-state index contributed by atoms with van der Waals surface area (Å²) < 4.78 is 30.8. The number of benzene rings is 1. The van der Waals surface area contributed by atoms with Gasteiger partial charge in [-0.05, 0) is 24.3 Å². The smallest absolute Gasteiger partial charge is 0.246 e. The minimum absolute atomic E-state index is 0.142. The predicted molar refractivity (Wildman–Crippen MR) is 85.4 cm³/mol. The van der Waals surface area contributed by atoms with Crippen molar-refractivity contribution >= 4 is 15.7 Å². The van der Waals surface area contributed by atoms with Gasteiger partial charge in [0.25, 0.3) is 0 Å². The lowest BCUT2D eigenvalue weighted by Crippen LogP contribution is -2.22. The van der Waals surface area contributed by atoms with E-state index in [1.54, 1.807) is 18.3 Å². The summed E-state index contributed by atoms with van der Waals surface area (Å²) in [7, 11) is 0.892. The van der Waals surface area contributed by atoms with Gasteiger partial charge >= 0.3 is 0 Å². The molecule has 2 rings (SSSR count). The van der Waals surface area contributed by atoms with Crippen LogP contribution < -0.4 is 10.1 Å². The lowest BCUT2D eigenvalue weighted by molar-refractivity contribution is 0.400. The molecule has 0 amide bonds. The Labute approximate surface area is 130 Å². The third kappa shape index (κ3) is 3.55. The number of ether oxygens (including phenoxy) is 1. The summed E-state index contributed by atoms with van der Waals surface area (Å²) in [5.41, 5.74) is 1.66. The first-order valence-corrected chi connectivity index (χ1v) is 8.13. The van der Waals surface area contributed by atoms with Crippen molar-refractivity contribution in [2.24, 2.45) is 0 Å². The maximum absolute atomic E-state index is 12.2. The zero-order chi connectivity index (χ0) is 16.2. The van der Waals surface area contributed by atoms with Crippen LogP contribution in [0.4, 0.5) is 5.69 Å². The monoisotopic (exact) mass is 321 g/mol. The van der Waals surface area contributed by atoms with Crippen LogP contribution in [-0.4, -0.2) is 38.9 Å². The Bertz CT molecular complexity index is 731. The number of anilines is 1. The normalized spacial score (nSPS) is 11.5. The molecule has 22 heavy (non-hydrogen) atoms. The molecular formula is C15H19N3O3S. The van der Waals surface area contributed by atoms with Crippen LogP contribution in [0.25, 0.3) is 0 Å². The Morgan fingerprint density at radius 1 is 1.23 bits per heavy atom. The number of methoxy groups -OCH3 is 1. The molecule has 0 bridgehead atoms. The van der Waals surface area contributed by atoms with E-state index in [0.29, 0.717) is 12.3 Å². The van der Waals surface area contributed by atoms with E-state index in [2.05, 4.69) is 10.3 Å².